The first kappa shape index (κ1) is 11.9. The number of nitrogens with zero attached hydrogens (tertiary/aromatic N) is 2. The summed E-state index contributed by atoms with van der Waals surface area (Å²) in [7, 11) is 0. The van der Waals surface area contributed by atoms with Gasteiger partial charge in [-0.1, -0.05) is 0 Å². The molecule has 1 amide bonds. The number of hydrogen-bond acceptors (Lipinski definition) is 3. The maximum Gasteiger partial charge on any atom is 0.209 e. The van der Waals surface area contributed by atoms with Crippen LogP contribution in [0.5, 0.6) is 0 Å². The highest BCUT2D eigenvalue weighted by atomic mass is 19.1. The topological polar surface area (TPSA) is 49.6 Å². The van der Waals surface area contributed by atoms with Crippen molar-refractivity contribution < 1.29 is 9.18 Å². The van der Waals surface area contributed by atoms with Crippen LogP contribution in [0, 0.1) is 5.82 Å². The Balaban J connectivity index is 2.15. The van der Waals surface area contributed by atoms with Crippen LogP contribution in [0.15, 0.2) is 18.2 Å². The quantitative estimate of drug-likeness (QED) is 0.782. The van der Waals surface area contributed by atoms with Crippen LogP contribution in [0.1, 0.15) is 5.56 Å². The van der Waals surface area contributed by atoms with Crippen molar-refractivity contribution in [1.82, 2.24) is 4.90 Å². The van der Waals surface area contributed by atoms with Crippen molar-refractivity contribution in [3.8, 4) is 0 Å². The first-order valence-corrected chi connectivity index (χ1v) is 5.67. The molecule has 17 heavy (non-hydrogen) atoms. The number of hydrogen-bond donors (Lipinski definition) is 1. The monoisotopic (exact) mass is 237 g/mol. The number of benzene rings is 1. The summed E-state index contributed by atoms with van der Waals surface area (Å²) in [5.74, 6) is -0.263. The van der Waals surface area contributed by atoms with Crippen molar-refractivity contribution in [3.63, 3.8) is 0 Å². The predicted molar refractivity (Wildman–Crippen MR) is 64.1 cm³/mol. The van der Waals surface area contributed by atoms with E-state index in [0.717, 1.165) is 30.8 Å². The molecule has 1 aromatic rings. The number of amides is 1. The first-order chi connectivity index (χ1) is 8.24. The number of carbonyl (C=O) groups is 1. The standard InChI is InChI=1S/C12H16FN3O/c13-11-1-2-12(10(7-11)8-14)16-5-3-15(9-17)4-6-16/h1-2,7,9H,3-6,8,14H2. The van der Waals surface area contributed by atoms with Crippen molar-refractivity contribution in [1.29, 1.82) is 0 Å². The molecule has 0 atom stereocenters. The molecule has 2 rings (SSSR count). The van der Waals surface area contributed by atoms with Crippen LogP contribution >= 0.6 is 0 Å². The lowest BCUT2D eigenvalue weighted by atomic mass is 10.1. The molecule has 4 nitrogen and oxygen atoms in total. The molecule has 0 aliphatic carbocycles. The van der Waals surface area contributed by atoms with Crippen LogP contribution in [0.4, 0.5) is 10.1 Å². The fourth-order valence-corrected chi connectivity index (χ4v) is 2.09. The molecule has 1 aliphatic rings. The van der Waals surface area contributed by atoms with Gasteiger partial charge in [-0.2, -0.15) is 0 Å². The molecule has 92 valence electrons. The van der Waals surface area contributed by atoms with Crippen LogP contribution in [0.2, 0.25) is 0 Å². The smallest absolute Gasteiger partial charge is 0.209 e. The lowest BCUT2D eigenvalue weighted by Crippen LogP contribution is -2.46. The molecule has 0 saturated carbocycles. The van der Waals surface area contributed by atoms with Crippen LogP contribution in [-0.2, 0) is 11.3 Å². The summed E-state index contributed by atoms with van der Waals surface area (Å²) >= 11 is 0. The highest BCUT2D eigenvalue weighted by molar-refractivity contribution is 5.55. The Bertz CT molecular complexity index is 403. The van der Waals surface area contributed by atoms with E-state index in [1.807, 2.05) is 0 Å². The fourth-order valence-electron chi connectivity index (χ4n) is 2.09. The van der Waals surface area contributed by atoms with Crippen molar-refractivity contribution in [2.75, 3.05) is 31.1 Å². The van der Waals surface area contributed by atoms with Gasteiger partial charge in [-0.25, -0.2) is 4.39 Å². The molecule has 0 bridgehead atoms. The molecule has 0 radical (unpaired) electrons. The van der Waals surface area contributed by atoms with Crippen LogP contribution < -0.4 is 10.6 Å². The maximum absolute atomic E-state index is 13.1. The summed E-state index contributed by atoms with van der Waals surface area (Å²) in [5.41, 5.74) is 7.40. The average molecular weight is 237 g/mol. The van der Waals surface area contributed by atoms with Gasteiger partial charge in [-0.3, -0.25) is 4.79 Å². The van der Waals surface area contributed by atoms with Gasteiger partial charge in [0.05, 0.1) is 0 Å². The number of rotatable bonds is 3. The Morgan fingerprint density at radius 3 is 2.59 bits per heavy atom. The van der Waals surface area contributed by atoms with E-state index in [-0.39, 0.29) is 5.82 Å². The minimum atomic E-state index is -0.263. The highest BCUT2D eigenvalue weighted by Gasteiger charge is 2.17. The zero-order chi connectivity index (χ0) is 12.3. The minimum absolute atomic E-state index is 0.263. The molecule has 0 spiro atoms. The summed E-state index contributed by atoms with van der Waals surface area (Å²) in [6.07, 6.45) is 0.867. The van der Waals surface area contributed by atoms with Crippen molar-refractivity contribution in [3.05, 3.63) is 29.6 Å². The van der Waals surface area contributed by atoms with E-state index in [2.05, 4.69) is 4.90 Å². The fraction of sp³-hybridized carbons (Fsp3) is 0.417. The summed E-state index contributed by atoms with van der Waals surface area (Å²) in [4.78, 5) is 14.5. The third-order valence-electron chi connectivity index (χ3n) is 3.07. The molecule has 1 aromatic carbocycles. The van der Waals surface area contributed by atoms with Gasteiger partial charge in [0.2, 0.25) is 6.41 Å². The Kier molecular flexibility index (Phi) is 3.58. The molecular weight excluding hydrogens is 221 g/mol. The normalized spacial score (nSPS) is 16.1. The van der Waals surface area contributed by atoms with Gasteiger partial charge in [0.15, 0.2) is 0 Å². The van der Waals surface area contributed by atoms with Crippen LogP contribution in [-0.4, -0.2) is 37.5 Å². The second-order valence-corrected chi connectivity index (χ2v) is 4.11. The van der Waals surface area contributed by atoms with Gasteiger partial charge < -0.3 is 15.5 Å². The van der Waals surface area contributed by atoms with E-state index in [0.29, 0.717) is 19.6 Å². The zero-order valence-electron chi connectivity index (χ0n) is 9.60. The SMILES string of the molecule is NCc1cc(F)ccc1N1CCN(C=O)CC1. The van der Waals surface area contributed by atoms with Gasteiger partial charge in [-0.15, -0.1) is 0 Å². The largest absolute Gasteiger partial charge is 0.368 e. The van der Waals surface area contributed by atoms with E-state index in [9.17, 15) is 9.18 Å². The third kappa shape index (κ3) is 2.55. The third-order valence-corrected chi connectivity index (χ3v) is 3.07. The number of carbonyl (C=O) groups excluding carboxylic acids is 1. The van der Waals surface area contributed by atoms with Crippen molar-refractivity contribution in [2.45, 2.75) is 6.54 Å². The van der Waals surface area contributed by atoms with E-state index in [1.54, 1.807) is 11.0 Å². The maximum atomic E-state index is 13.1. The number of halogens is 1. The predicted octanol–water partition coefficient (Wildman–Crippen LogP) is 0.563. The Morgan fingerprint density at radius 2 is 2.00 bits per heavy atom. The molecular formula is C12H16FN3O. The lowest BCUT2D eigenvalue weighted by Gasteiger charge is -2.35. The average Bonchev–Trinajstić information content (AvgIpc) is 2.39. The summed E-state index contributed by atoms with van der Waals surface area (Å²) in [6, 6.07) is 4.68. The number of anilines is 1. The molecule has 0 unspecified atom stereocenters. The molecule has 1 saturated heterocycles. The first-order valence-electron chi connectivity index (χ1n) is 5.67. The van der Waals surface area contributed by atoms with E-state index < -0.39 is 0 Å². The van der Waals surface area contributed by atoms with Crippen LogP contribution in [0.3, 0.4) is 0 Å². The van der Waals surface area contributed by atoms with Gasteiger partial charge in [0.25, 0.3) is 0 Å². The summed E-state index contributed by atoms with van der Waals surface area (Å²) in [6.45, 7) is 3.24. The second-order valence-electron chi connectivity index (χ2n) is 4.11. The Hall–Kier alpha value is -1.62. The number of nitrogens with two attached hydrogens (primary N) is 1. The molecule has 1 fully saturated rings. The Morgan fingerprint density at radius 1 is 1.29 bits per heavy atom. The van der Waals surface area contributed by atoms with Crippen molar-refractivity contribution >= 4 is 12.1 Å². The van der Waals surface area contributed by atoms with Gasteiger partial charge in [0, 0.05) is 38.4 Å². The van der Waals surface area contributed by atoms with Gasteiger partial charge in [0.1, 0.15) is 5.82 Å². The van der Waals surface area contributed by atoms with E-state index in [1.165, 1.54) is 12.1 Å². The van der Waals surface area contributed by atoms with E-state index in [4.69, 9.17) is 5.73 Å². The minimum Gasteiger partial charge on any atom is -0.368 e. The van der Waals surface area contributed by atoms with E-state index >= 15 is 0 Å². The van der Waals surface area contributed by atoms with Crippen LogP contribution in [0.25, 0.3) is 0 Å². The van der Waals surface area contributed by atoms with Crippen molar-refractivity contribution in [2.24, 2.45) is 5.73 Å². The number of piperazine rings is 1. The van der Waals surface area contributed by atoms with Gasteiger partial charge >= 0.3 is 0 Å². The molecule has 5 heteroatoms. The second kappa shape index (κ2) is 5.14. The highest BCUT2D eigenvalue weighted by Crippen LogP contribution is 2.22. The van der Waals surface area contributed by atoms with Gasteiger partial charge in [-0.05, 0) is 23.8 Å². The zero-order valence-corrected chi connectivity index (χ0v) is 9.60. The summed E-state index contributed by atoms with van der Waals surface area (Å²) < 4.78 is 13.1. The molecule has 0 aromatic heterocycles. The summed E-state index contributed by atoms with van der Waals surface area (Å²) in [5, 5.41) is 0. The molecule has 1 aliphatic heterocycles. The molecule has 1 heterocycles. The Labute approximate surface area is 99.8 Å². The molecule has 2 N–H and O–H groups in total. The lowest BCUT2D eigenvalue weighted by molar-refractivity contribution is -0.118.